The maximum atomic E-state index is 12.7. The van der Waals surface area contributed by atoms with Gasteiger partial charge in [0.25, 0.3) is 0 Å². The lowest BCUT2D eigenvalue weighted by atomic mass is 10.0. The number of fused-ring (bicyclic) bond motifs is 1. The first kappa shape index (κ1) is 19.0. The van der Waals surface area contributed by atoms with Gasteiger partial charge < -0.3 is 19.8 Å². The van der Waals surface area contributed by atoms with Crippen molar-refractivity contribution in [3.8, 4) is 0 Å². The van der Waals surface area contributed by atoms with Gasteiger partial charge in [0.15, 0.2) is 5.65 Å². The highest BCUT2D eigenvalue weighted by Crippen LogP contribution is 2.32. The predicted octanol–water partition coefficient (Wildman–Crippen LogP) is 1.92. The fourth-order valence-electron chi connectivity index (χ4n) is 3.05. The maximum absolute atomic E-state index is 12.7. The summed E-state index contributed by atoms with van der Waals surface area (Å²) in [6.07, 6.45) is 4.63. The van der Waals surface area contributed by atoms with Crippen LogP contribution >= 0.6 is 11.8 Å². The number of thioether (sulfide) groups is 1. The number of nitrogens with one attached hydrogen (secondary N) is 2. The van der Waals surface area contributed by atoms with E-state index >= 15 is 0 Å². The molecular weight excluding hydrogens is 396 g/mol. The molecule has 4 heterocycles. The Bertz CT molecular complexity index is 1090. The second-order valence-electron chi connectivity index (χ2n) is 6.13. The summed E-state index contributed by atoms with van der Waals surface area (Å²) in [5, 5.41) is 11.1. The molecule has 0 radical (unpaired) electrons. The van der Waals surface area contributed by atoms with Gasteiger partial charge in [0.1, 0.15) is 23.2 Å². The highest BCUT2D eigenvalue weighted by Gasteiger charge is 2.35. The molecule has 150 valence electrons. The first-order chi connectivity index (χ1) is 14.1. The van der Waals surface area contributed by atoms with Crippen LogP contribution < -0.4 is 10.6 Å². The Morgan fingerprint density at radius 1 is 1.41 bits per heavy atom. The molecule has 1 aliphatic heterocycles. The van der Waals surface area contributed by atoms with Crippen molar-refractivity contribution in [3.05, 3.63) is 48.0 Å². The van der Waals surface area contributed by atoms with Gasteiger partial charge in [-0.25, -0.2) is 19.6 Å². The third-order valence-electron chi connectivity index (χ3n) is 4.32. The molecule has 4 rings (SSSR count). The van der Waals surface area contributed by atoms with Crippen molar-refractivity contribution in [2.75, 3.05) is 12.4 Å². The van der Waals surface area contributed by atoms with Crippen molar-refractivity contribution in [2.45, 2.75) is 18.0 Å². The number of amides is 2. The number of carbonyl (C=O) groups is 2. The Morgan fingerprint density at radius 2 is 2.28 bits per heavy atom. The predicted molar refractivity (Wildman–Crippen MR) is 104 cm³/mol. The number of hydrogen-bond acceptors (Lipinski definition) is 8. The van der Waals surface area contributed by atoms with Crippen LogP contribution in [0.2, 0.25) is 0 Å². The van der Waals surface area contributed by atoms with E-state index in [0.29, 0.717) is 33.5 Å². The fraction of sp³-hybridized carbons (Fsp3) is 0.278. The minimum absolute atomic E-state index is 0.212. The van der Waals surface area contributed by atoms with Gasteiger partial charge in [-0.05, 0) is 19.1 Å². The SMILES string of the molecule is CCOC(=O)C1=C(CSc2ncnc3c2cnn3C)NC(=O)N[C@@H]1c1ccco1. The van der Waals surface area contributed by atoms with Crippen LogP contribution in [0.25, 0.3) is 11.0 Å². The number of furan rings is 1. The summed E-state index contributed by atoms with van der Waals surface area (Å²) in [4.78, 5) is 33.5. The van der Waals surface area contributed by atoms with E-state index in [0.717, 1.165) is 5.39 Å². The number of aromatic nitrogens is 4. The van der Waals surface area contributed by atoms with Gasteiger partial charge in [-0.2, -0.15) is 5.10 Å². The zero-order valence-electron chi connectivity index (χ0n) is 15.7. The van der Waals surface area contributed by atoms with E-state index in [4.69, 9.17) is 9.15 Å². The molecule has 3 aromatic heterocycles. The molecule has 0 aromatic carbocycles. The minimum Gasteiger partial charge on any atom is -0.467 e. The van der Waals surface area contributed by atoms with E-state index in [2.05, 4.69) is 25.7 Å². The summed E-state index contributed by atoms with van der Waals surface area (Å²) < 4.78 is 12.3. The van der Waals surface area contributed by atoms with Gasteiger partial charge >= 0.3 is 12.0 Å². The highest BCUT2D eigenvalue weighted by atomic mass is 32.2. The second kappa shape index (κ2) is 7.95. The topological polar surface area (TPSA) is 124 Å². The fourth-order valence-corrected chi connectivity index (χ4v) is 3.98. The molecule has 10 nitrogen and oxygen atoms in total. The lowest BCUT2D eigenvalue weighted by Crippen LogP contribution is -2.46. The number of rotatable bonds is 6. The van der Waals surface area contributed by atoms with Crippen LogP contribution in [0.1, 0.15) is 18.7 Å². The van der Waals surface area contributed by atoms with Crippen molar-refractivity contribution in [2.24, 2.45) is 7.05 Å². The number of nitrogens with zero attached hydrogens (tertiary/aromatic N) is 4. The third kappa shape index (κ3) is 3.68. The summed E-state index contributed by atoms with van der Waals surface area (Å²) in [7, 11) is 1.80. The molecule has 0 saturated heterocycles. The lowest BCUT2D eigenvalue weighted by molar-refractivity contribution is -0.139. The molecule has 11 heteroatoms. The summed E-state index contributed by atoms with van der Waals surface area (Å²) in [5.41, 5.74) is 1.43. The molecule has 3 aromatic rings. The van der Waals surface area contributed by atoms with Crippen molar-refractivity contribution in [1.82, 2.24) is 30.4 Å². The Kier molecular flexibility index (Phi) is 5.21. The molecule has 0 saturated carbocycles. The highest BCUT2D eigenvalue weighted by molar-refractivity contribution is 7.99. The largest absolute Gasteiger partial charge is 0.467 e. The molecule has 2 N–H and O–H groups in total. The number of aryl methyl sites for hydroxylation is 1. The Hall–Kier alpha value is -3.34. The van der Waals surface area contributed by atoms with Crippen LogP contribution in [0.5, 0.6) is 0 Å². The van der Waals surface area contributed by atoms with E-state index in [-0.39, 0.29) is 6.61 Å². The van der Waals surface area contributed by atoms with Crippen molar-refractivity contribution < 1.29 is 18.7 Å². The summed E-state index contributed by atoms with van der Waals surface area (Å²) >= 11 is 1.37. The molecule has 0 aliphatic carbocycles. The van der Waals surface area contributed by atoms with Crippen LogP contribution in [-0.2, 0) is 16.6 Å². The Morgan fingerprint density at radius 3 is 3.03 bits per heavy atom. The van der Waals surface area contributed by atoms with Gasteiger partial charge in [-0.1, -0.05) is 11.8 Å². The van der Waals surface area contributed by atoms with Crippen LogP contribution in [0, 0.1) is 0 Å². The average molecular weight is 414 g/mol. The smallest absolute Gasteiger partial charge is 0.338 e. The van der Waals surface area contributed by atoms with Crippen molar-refractivity contribution in [1.29, 1.82) is 0 Å². The molecule has 29 heavy (non-hydrogen) atoms. The average Bonchev–Trinajstić information content (AvgIpc) is 3.37. The third-order valence-corrected chi connectivity index (χ3v) is 5.35. The van der Waals surface area contributed by atoms with Gasteiger partial charge in [0.2, 0.25) is 0 Å². The Balaban J connectivity index is 1.69. The number of urea groups is 1. The van der Waals surface area contributed by atoms with E-state index in [1.54, 1.807) is 37.0 Å². The second-order valence-corrected chi connectivity index (χ2v) is 7.10. The van der Waals surface area contributed by atoms with Crippen molar-refractivity contribution in [3.63, 3.8) is 0 Å². The van der Waals surface area contributed by atoms with Gasteiger partial charge in [-0.3, -0.25) is 4.68 Å². The van der Waals surface area contributed by atoms with Gasteiger partial charge in [-0.15, -0.1) is 0 Å². The first-order valence-corrected chi connectivity index (χ1v) is 9.83. The summed E-state index contributed by atoms with van der Waals surface area (Å²) in [5.74, 6) is 0.216. The van der Waals surface area contributed by atoms with E-state index in [1.807, 2.05) is 0 Å². The molecule has 0 fully saturated rings. The maximum Gasteiger partial charge on any atom is 0.338 e. The molecular formula is C18H18N6O4S. The zero-order chi connectivity index (χ0) is 20.4. The molecule has 0 spiro atoms. The van der Waals surface area contributed by atoms with Gasteiger partial charge in [0, 0.05) is 18.5 Å². The normalized spacial score (nSPS) is 16.6. The van der Waals surface area contributed by atoms with Gasteiger partial charge in [0.05, 0.1) is 30.0 Å². The first-order valence-electron chi connectivity index (χ1n) is 8.85. The van der Waals surface area contributed by atoms with E-state index in [9.17, 15) is 9.59 Å². The van der Waals surface area contributed by atoms with E-state index in [1.165, 1.54) is 24.4 Å². The number of esters is 1. The number of hydrogen-bond donors (Lipinski definition) is 2. The number of ether oxygens (including phenoxy) is 1. The molecule has 2 amide bonds. The van der Waals surface area contributed by atoms with Crippen LogP contribution in [0.3, 0.4) is 0 Å². The molecule has 1 atom stereocenters. The minimum atomic E-state index is -0.739. The molecule has 0 unspecified atom stereocenters. The standard InChI is InChI=1S/C18H18N6O4S/c1-3-27-17(25)13-11(22-18(26)23-14(13)12-5-4-6-28-12)8-29-16-10-7-21-24(2)15(10)19-9-20-16/h4-7,9,14H,3,8H2,1-2H3,(H2,22,23,26)/t14-/m1/s1. The lowest BCUT2D eigenvalue weighted by Gasteiger charge is -2.27. The van der Waals surface area contributed by atoms with Crippen LogP contribution in [0.4, 0.5) is 4.79 Å². The monoisotopic (exact) mass is 414 g/mol. The summed E-state index contributed by atoms with van der Waals surface area (Å²) in [6.45, 7) is 1.94. The quantitative estimate of drug-likeness (QED) is 0.356. The van der Waals surface area contributed by atoms with Crippen LogP contribution in [-0.4, -0.2) is 44.1 Å². The zero-order valence-corrected chi connectivity index (χ0v) is 16.5. The van der Waals surface area contributed by atoms with E-state index < -0.39 is 18.0 Å². The number of carbonyl (C=O) groups excluding carboxylic acids is 2. The summed E-state index contributed by atoms with van der Waals surface area (Å²) in [6, 6.07) is 2.23. The Labute approximate surface area is 169 Å². The molecule has 1 aliphatic rings. The molecule has 0 bridgehead atoms. The van der Waals surface area contributed by atoms with Crippen molar-refractivity contribution >= 4 is 34.8 Å². The van der Waals surface area contributed by atoms with Crippen LogP contribution in [0.15, 0.2) is 51.6 Å².